The van der Waals surface area contributed by atoms with Crippen LogP contribution in [-0.4, -0.2) is 58.6 Å². The topological polar surface area (TPSA) is 80.9 Å². The standard InChI is InChI=1S/C24H27FN4O4/c1-17-11-18(2)13-21(12-17)32-16-24(30)29-9-7-28(8-10-29)14-23-26-22(27-33-23)15-31-20-5-3-19(25)4-6-20/h3-6,11-13H,7-10,14-16H2,1-2H3. The average molecular weight is 455 g/mol. The molecular formula is C24H27FN4O4. The highest BCUT2D eigenvalue weighted by molar-refractivity contribution is 5.77. The predicted molar refractivity (Wildman–Crippen MR) is 118 cm³/mol. The molecule has 0 spiro atoms. The molecule has 0 aliphatic carbocycles. The van der Waals surface area contributed by atoms with E-state index >= 15 is 0 Å². The molecule has 0 atom stereocenters. The molecule has 3 aromatic rings. The number of nitrogens with zero attached hydrogens (tertiary/aromatic N) is 4. The first kappa shape index (κ1) is 22.7. The second-order valence-corrected chi connectivity index (χ2v) is 8.12. The lowest BCUT2D eigenvalue weighted by molar-refractivity contribution is -0.135. The Morgan fingerprint density at radius 3 is 2.39 bits per heavy atom. The molecule has 8 nitrogen and oxygen atoms in total. The SMILES string of the molecule is Cc1cc(C)cc(OCC(=O)N2CCN(Cc3nc(COc4ccc(F)cc4)no3)CC2)c1. The number of hydrogen-bond donors (Lipinski definition) is 0. The van der Waals surface area contributed by atoms with Crippen LogP contribution < -0.4 is 9.47 Å². The van der Waals surface area contributed by atoms with Gasteiger partial charge in [-0.3, -0.25) is 9.69 Å². The fourth-order valence-corrected chi connectivity index (χ4v) is 3.69. The third-order valence-electron chi connectivity index (χ3n) is 5.33. The summed E-state index contributed by atoms with van der Waals surface area (Å²) in [5.74, 6) is 1.82. The Bertz CT molecular complexity index is 1060. The third-order valence-corrected chi connectivity index (χ3v) is 5.33. The molecule has 174 valence electrons. The zero-order valence-corrected chi connectivity index (χ0v) is 18.8. The third kappa shape index (κ3) is 6.52. The summed E-state index contributed by atoms with van der Waals surface area (Å²) in [7, 11) is 0. The van der Waals surface area contributed by atoms with Crippen molar-refractivity contribution in [3.05, 3.63) is 71.1 Å². The molecule has 1 aliphatic heterocycles. The fraction of sp³-hybridized carbons (Fsp3) is 0.375. The Hall–Kier alpha value is -3.46. The van der Waals surface area contributed by atoms with Gasteiger partial charge in [0.2, 0.25) is 11.7 Å². The predicted octanol–water partition coefficient (Wildman–Crippen LogP) is 3.13. The van der Waals surface area contributed by atoms with Crippen LogP contribution in [0.1, 0.15) is 22.8 Å². The minimum Gasteiger partial charge on any atom is -0.485 e. The summed E-state index contributed by atoms with van der Waals surface area (Å²) in [6.07, 6.45) is 0. The van der Waals surface area contributed by atoms with E-state index in [0.717, 1.165) is 16.9 Å². The van der Waals surface area contributed by atoms with Crippen molar-refractivity contribution in [1.29, 1.82) is 0 Å². The molecular weight excluding hydrogens is 427 g/mol. The summed E-state index contributed by atoms with van der Waals surface area (Å²) in [4.78, 5) is 20.8. The van der Waals surface area contributed by atoms with E-state index < -0.39 is 0 Å². The maximum Gasteiger partial charge on any atom is 0.260 e. The molecule has 2 aromatic carbocycles. The number of hydrogen-bond acceptors (Lipinski definition) is 7. The lowest BCUT2D eigenvalue weighted by Crippen LogP contribution is -2.49. The first-order valence-electron chi connectivity index (χ1n) is 10.9. The normalized spacial score (nSPS) is 14.3. The summed E-state index contributed by atoms with van der Waals surface area (Å²) in [5, 5.41) is 3.93. The van der Waals surface area contributed by atoms with Crippen LogP contribution >= 0.6 is 0 Å². The van der Waals surface area contributed by atoms with Gasteiger partial charge in [-0.1, -0.05) is 11.2 Å². The van der Waals surface area contributed by atoms with Crippen molar-refractivity contribution in [3.8, 4) is 11.5 Å². The van der Waals surface area contributed by atoms with Gasteiger partial charge in [-0.15, -0.1) is 0 Å². The summed E-state index contributed by atoms with van der Waals surface area (Å²) >= 11 is 0. The fourth-order valence-electron chi connectivity index (χ4n) is 3.69. The maximum atomic E-state index is 13.0. The number of aromatic nitrogens is 2. The highest BCUT2D eigenvalue weighted by Gasteiger charge is 2.23. The Kier molecular flexibility index (Phi) is 7.19. The molecule has 0 radical (unpaired) electrons. The van der Waals surface area contributed by atoms with E-state index in [-0.39, 0.29) is 24.9 Å². The number of aryl methyl sites for hydroxylation is 2. The summed E-state index contributed by atoms with van der Waals surface area (Å²) in [6, 6.07) is 11.7. The van der Waals surface area contributed by atoms with Gasteiger partial charge in [-0.25, -0.2) is 4.39 Å². The van der Waals surface area contributed by atoms with Gasteiger partial charge in [-0.2, -0.15) is 4.98 Å². The van der Waals surface area contributed by atoms with E-state index in [4.69, 9.17) is 14.0 Å². The lowest BCUT2D eigenvalue weighted by Gasteiger charge is -2.33. The Balaban J connectivity index is 1.19. The number of amides is 1. The summed E-state index contributed by atoms with van der Waals surface area (Å²) in [6.45, 7) is 7.33. The molecule has 1 aliphatic rings. The van der Waals surface area contributed by atoms with E-state index in [2.05, 4.69) is 21.1 Å². The minimum atomic E-state index is -0.320. The largest absolute Gasteiger partial charge is 0.485 e. The Morgan fingerprint density at radius 2 is 1.70 bits per heavy atom. The summed E-state index contributed by atoms with van der Waals surface area (Å²) < 4.78 is 29.5. The molecule has 1 fully saturated rings. The number of piperazine rings is 1. The lowest BCUT2D eigenvalue weighted by atomic mass is 10.1. The molecule has 0 bridgehead atoms. The number of carbonyl (C=O) groups is 1. The van der Waals surface area contributed by atoms with Gasteiger partial charge in [-0.05, 0) is 61.4 Å². The van der Waals surface area contributed by atoms with Crippen LogP contribution in [0, 0.1) is 19.7 Å². The zero-order chi connectivity index (χ0) is 23.2. The second kappa shape index (κ2) is 10.4. The first-order chi connectivity index (χ1) is 15.9. The van der Waals surface area contributed by atoms with Crippen LogP contribution in [0.3, 0.4) is 0 Å². The van der Waals surface area contributed by atoms with E-state index in [1.165, 1.54) is 12.1 Å². The number of halogens is 1. The zero-order valence-electron chi connectivity index (χ0n) is 18.8. The van der Waals surface area contributed by atoms with Crippen molar-refractivity contribution in [3.63, 3.8) is 0 Å². The average Bonchev–Trinajstić information content (AvgIpc) is 3.24. The Labute approximate surface area is 191 Å². The van der Waals surface area contributed by atoms with E-state index in [0.29, 0.717) is 50.2 Å². The van der Waals surface area contributed by atoms with Crippen LogP contribution in [0.4, 0.5) is 4.39 Å². The molecule has 2 heterocycles. The Morgan fingerprint density at radius 1 is 1.00 bits per heavy atom. The van der Waals surface area contributed by atoms with Gasteiger partial charge in [0.05, 0.1) is 6.54 Å². The van der Waals surface area contributed by atoms with Crippen LogP contribution in [0.5, 0.6) is 11.5 Å². The molecule has 0 unspecified atom stereocenters. The maximum absolute atomic E-state index is 13.0. The van der Waals surface area contributed by atoms with Crippen molar-refractivity contribution in [2.75, 3.05) is 32.8 Å². The molecule has 9 heteroatoms. The number of benzene rings is 2. The van der Waals surface area contributed by atoms with Gasteiger partial charge in [0.15, 0.2) is 13.2 Å². The molecule has 0 N–H and O–H groups in total. The monoisotopic (exact) mass is 454 g/mol. The number of rotatable bonds is 8. The smallest absolute Gasteiger partial charge is 0.260 e. The van der Waals surface area contributed by atoms with Crippen molar-refractivity contribution in [2.45, 2.75) is 27.0 Å². The van der Waals surface area contributed by atoms with Crippen LogP contribution in [-0.2, 0) is 17.9 Å². The van der Waals surface area contributed by atoms with E-state index in [1.807, 2.05) is 30.9 Å². The van der Waals surface area contributed by atoms with Crippen molar-refractivity contribution in [1.82, 2.24) is 19.9 Å². The molecule has 33 heavy (non-hydrogen) atoms. The summed E-state index contributed by atoms with van der Waals surface area (Å²) in [5.41, 5.74) is 2.22. The van der Waals surface area contributed by atoms with Gasteiger partial charge in [0.1, 0.15) is 17.3 Å². The van der Waals surface area contributed by atoms with E-state index in [9.17, 15) is 9.18 Å². The van der Waals surface area contributed by atoms with Crippen molar-refractivity contribution < 1.29 is 23.2 Å². The highest BCUT2D eigenvalue weighted by atomic mass is 19.1. The molecule has 0 saturated carbocycles. The van der Waals surface area contributed by atoms with Crippen LogP contribution in [0.2, 0.25) is 0 Å². The number of carbonyl (C=O) groups excluding carboxylic acids is 1. The molecule has 4 rings (SSSR count). The molecule has 1 aromatic heterocycles. The highest BCUT2D eigenvalue weighted by Crippen LogP contribution is 2.17. The van der Waals surface area contributed by atoms with Gasteiger partial charge >= 0.3 is 0 Å². The van der Waals surface area contributed by atoms with Crippen molar-refractivity contribution in [2.24, 2.45) is 0 Å². The van der Waals surface area contributed by atoms with Gasteiger partial charge in [0.25, 0.3) is 5.91 Å². The van der Waals surface area contributed by atoms with Gasteiger partial charge < -0.3 is 18.9 Å². The molecule has 1 amide bonds. The molecule has 1 saturated heterocycles. The van der Waals surface area contributed by atoms with Gasteiger partial charge in [0, 0.05) is 26.2 Å². The van der Waals surface area contributed by atoms with Crippen LogP contribution in [0.15, 0.2) is 47.0 Å². The first-order valence-corrected chi connectivity index (χ1v) is 10.9. The van der Waals surface area contributed by atoms with Crippen LogP contribution in [0.25, 0.3) is 0 Å². The van der Waals surface area contributed by atoms with E-state index in [1.54, 1.807) is 12.1 Å². The minimum absolute atomic E-state index is 0.0215. The quantitative estimate of drug-likeness (QED) is 0.517. The number of ether oxygens (including phenoxy) is 2. The van der Waals surface area contributed by atoms with Crippen molar-refractivity contribution >= 4 is 5.91 Å². The second-order valence-electron chi connectivity index (χ2n) is 8.12.